The van der Waals surface area contributed by atoms with Crippen LogP contribution in [0.4, 0.5) is 5.69 Å². The molecule has 1 aromatic carbocycles. The molecule has 1 aliphatic rings. The number of carbonyl (C=O) groups is 1. The first-order chi connectivity index (χ1) is 10.5. The van der Waals surface area contributed by atoms with E-state index in [1.165, 1.54) is 12.1 Å². The standard InChI is InChI=1S/C16H21NO5S.Na.H/c1-11-16(2,3)13-10-12(23(20,21)22)7-8-14(13)17(11)9-5-4-6-15(18)19;;/h7-8,10H,4-6,9H2,1-3H3,(H-,18,19,20,21,22);;/q;+1;-1/p+1. The second-order valence-electron chi connectivity index (χ2n) is 6.37. The average Bonchev–Trinajstić information content (AvgIpc) is 2.62. The second-order valence-corrected chi connectivity index (χ2v) is 7.79. The molecule has 1 heterocycles. The summed E-state index contributed by atoms with van der Waals surface area (Å²) in [6, 6.07) is 4.62. The van der Waals surface area contributed by atoms with Crippen LogP contribution in [0.1, 0.15) is 47.0 Å². The van der Waals surface area contributed by atoms with Gasteiger partial charge in [-0.05, 0) is 32.4 Å². The maximum atomic E-state index is 11.4. The molecule has 0 atom stereocenters. The predicted octanol–water partition coefficient (Wildman–Crippen LogP) is -0.299. The minimum absolute atomic E-state index is 0. The molecule has 0 aliphatic carbocycles. The van der Waals surface area contributed by atoms with Crippen molar-refractivity contribution in [3.05, 3.63) is 23.8 Å². The first-order valence-electron chi connectivity index (χ1n) is 7.50. The van der Waals surface area contributed by atoms with Gasteiger partial charge in [0.25, 0.3) is 10.1 Å². The maximum Gasteiger partial charge on any atom is 1.00 e. The summed E-state index contributed by atoms with van der Waals surface area (Å²) in [5.74, 6) is -0.800. The topological polar surface area (TPSA) is 94.7 Å². The Kier molecular flexibility index (Phi) is 6.80. The zero-order valence-electron chi connectivity index (χ0n) is 15.5. The van der Waals surface area contributed by atoms with Crippen LogP contribution in [0, 0.1) is 0 Å². The van der Waals surface area contributed by atoms with E-state index in [4.69, 9.17) is 5.11 Å². The molecular weight excluding hydrogens is 341 g/mol. The number of carboxylic acids is 1. The van der Waals surface area contributed by atoms with E-state index < -0.39 is 16.1 Å². The van der Waals surface area contributed by atoms with Crippen LogP contribution in [0.5, 0.6) is 0 Å². The fourth-order valence-electron chi connectivity index (χ4n) is 2.96. The number of benzene rings is 1. The Morgan fingerprint density at radius 1 is 1.29 bits per heavy atom. The van der Waals surface area contributed by atoms with Gasteiger partial charge in [0.15, 0.2) is 5.71 Å². The number of hydrogen-bond donors (Lipinski definition) is 2. The number of carboxylic acid groups (broad SMARTS) is 1. The SMILES string of the molecule is CC1=[N+](CCCCC(=O)O)c2ccc(S(=O)(=O)O)cc2C1(C)C.[H-].[Na+]. The van der Waals surface area contributed by atoms with E-state index in [9.17, 15) is 17.8 Å². The van der Waals surface area contributed by atoms with Crippen molar-refractivity contribution < 1.29 is 58.4 Å². The molecule has 1 aliphatic heterocycles. The molecule has 8 heteroatoms. The Labute approximate surface area is 166 Å². The Hall–Kier alpha value is -0.730. The number of fused-ring (bicyclic) bond motifs is 1. The van der Waals surface area contributed by atoms with E-state index in [1.54, 1.807) is 6.07 Å². The van der Waals surface area contributed by atoms with Crippen molar-refractivity contribution in [2.45, 2.75) is 50.3 Å². The molecule has 0 spiro atoms. The molecule has 0 aromatic heterocycles. The van der Waals surface area contributed by atoms with Crippen molar-refractivity contribution in [3.8, 4) is 0 Å². The largest absolute Gasteiger partial charge is 1.00 e. The Balaban J connectivity index is 0.00000288. The minimum Gasteiger partial charge on any atom is -1.00 e. The van der Waals surface area contributed by atoms with Gasteiger partial charge in [-0.1, -0.05) is 0 Å². The van der Waals surface area contributed by atoms with Gasteiger partial charge in [0.05, 0.1) is 10.3 Å². The van der Waals surface area contributed by atoms with Crippen LogP contribution in [-0.2, 0) is 20.3 Å². The van der Waals surface area contributed by atoms with Gasteiger partial charge in [-0.2, -0.15) is 13.0 Å². The molecule has 0 saturated carbocycles. The normalized spacial score (nSPS) is 15.8. The molecular formula is C16H23NNaO5S+. The van der Waals surface area contributed by atoms with Crippen molar-refractivity contribution >= 4 is 27.5 Å². The van der Waals surface area contributed by atoms with Gasteiger partial charge in [0, 0.05) is 31.4 Å². The number of rotatable bonds is 6. The Bertz CT molecular complexity index is 790. The van der Waals surface area contributed by atoms with Gasteiger partial charge in [-0.3, -0.25) is 9.35 Å². The molecule has 24 heavy (non-hydrogen) atoms. The van der Waals surface area contributed by atoms with Crippen LogP contribution in [0.2, 0.25) is 0 Å². The molecule has 0 bridgehead atoms. The van der Waals surface area contributed by atoms with Crippen molar-refractivity contribution in [2.24, 2.45) is 0 Å². The molecule has 2 N–H and O–H groups in total. The van der Waals surface area contributed by atoms with Crippen LogP contribution in [0.25, 0.3) is 0 Å². The van der Waals surface area contributed by atoms with Crippen molar-refractivity contribution in [1.29, 1.82) is 0 Å². The molecule has 0 radical (unpaired) electrons. The van der Waals surface area contributed by atoms with Crippen LogP contribution >= 0.6 is 0 Å². The van der Waals surface area contributed by atoms with Crippen LogP contribution in [-0.4, -0.2) is 40.9 Å². The van der Waals surface area contributed by atoms with Crippen molar-refractivity contribution in [1.82, 2.24) is 0 Å². The molecule has 2 rings (SSSR count). The van der Waals surface area contributed by atoms with Crippen molar-refractivity contribution in [3.63, 3.8) is 0 Å². The third-order valence-corrected chi connectivity index (χ3v) is 5.41. The molecule has 0 amide bonds. The summed E-state index contributed by atoms with van der Waals surface area (Å²) < 4.78 is 34.1. The van der Waals surface area contributed by atoms with Crippen LogP contribution in [0.3, 0.4) is 0 Å². The van der Waals surface area contributed by atoms with E-state index in [2.05, 4.69) is 4.58 Å². The van der Waals surface area contributed by atoms with Gasteiger partial charge < -0.3 is 6.53 Å². The van der Waals surface area contributed by atoms with Gasteiger partial charge in [-0.15, -0.1) is 0 Å². The maximum absolute atomic E-state index is 11.4. The van der Waals surface area contributed by atoms with E-state index in [-0.39, 0.29) is 47.7 Å². The molecule has 0 saturated heterocycles. The number of hydrogen-bond acceptors (Lipinski definition) is 3. The number of aliphatic carboxylic acids is 1. The summed E-state index contributed by atoms with van der Waals surface area (Å²) in [6.45, 7) is 6.68. The fourth-order valence-corrected chi connectivity index (χ4v) is 3.47. The third-order valence-electron chi connectivity index (χ3n) is 4.56. The van der Waals surface area contributed by atoms with E-state index in [0.29, 0.717) is 13.0 Å². The summed E-state index contributed by atoms with van der Waals surface area (Å²) in [5, 5.41) is 8.71. The second kappa shape index (κ2) is 7.66. The number of unbranched alkanes of at least 4 members (excludes halogenated alkanes) is 1. The fraction of sp³-hybridized carbons (Fsp3) is 0.500. The van der Waals surface area contributed by atoms with Crippen molar-refractivity contribution in [2.75, 3.05) is 6.54 Å². The monoisotopic (exact) mass is 364 g/mol. The summed E-state index contributed by atoms with van der Waals surface area (Å²) in [5.41, 5.74) is 2.50. The van der Waals surface area contributed by atoms with Gasteiger partial charge in [0.1, 0.15) is 6.54 Å². The van der Waals surface area contributed by atoms with Gasteiger partial charge in [0.2, 0.25) is 5.69 Å². The first-order valence-corrected chi connectivity index (χ1v) is 8.94. The zero-order chi connectivity index (χ0) is 17.4. The molecule has 0 unspecified atom stereocenters. The summed E-state index contributed by atoms with van der Waals surface area (Å²) in [4.78, 5) is 10.5. The number of nitrogens with zero attached hydrogens (tertiary/aromatic N) is 1. The third kappa shape index (κ3) is 4.26. The summed E-state index contributed by atoms with van der Waals surface area (Å²) >= 11 is 0. The van der Waals surface area contributed by atoms with Crippen LogP contribution < -0.4 is 29.6 Å². The predicted molar refractivity (Wildman–Crippen MR) is 87.3 cm³/mol. The summed E-state index contributed by atoms with van der Waals surface area (Å²) in [7, 11) is -4.23. The van der Waals surface area contributed by atoms with E-state index in [0.717, 1.165) is 23.4 Å². The van der Waals surface area contributed by atoms with Gasteiger partial charge >= 0.3 is 35.5 Å². The molecule has 6 nitrogen and oxygen atoms in total. The molecule has 128 valence electrons. The zero-order valence-corrected chi connectivity index (χ0v) is 17.4. The quantitative estimate of drug-likeness (QED) is 0.313. The molecule has 0 fully saturated rings. The van der Waals surface area contributed by atoms with E-state index in [1.807, 2.05) is 20.8 Å². The smallest absolute Gasteiger partial charge is 1.00 e. The van der Waals surface area contributed by atoms with E-state index >= 15 is 0 Å². The molecule has 1 aromatic rings. The van der Waals surface area contributed by atoms with Gasteiger partial charge in [-0.25, -0.2) is 0 Å². The first kappa shape index (κ1) is 21.3. The Morgan fingerprint density at radius 3 is 2.46 bits per heavy atom. The minimum atomic E-state index is -4.23. The Morgan fingerprint density at radius 2 is 1.92 bits per heavy atom. The van der Waals surface area contributed by atoms with Crippen LogP contribution in [0.15, 0.2) is 23.1 Å². The summed E-state index contributed by atoms with van der Waals surface area (Å²) in [6.07, 6.45) is 1.47. The average molecular weight is 364 g/mol.